The molecule has 1 aliphatic rings. The molecule has 0 saturated carbocycles. The molecule has 1 fully saturated rings. The third-order valence-electron chi connectivity index (χ3n) is 2.60. The normalized spacial score (nSPS) is 17.3. The SMILES string of the molecule is Cn1cnc([N+](=O)[O-])c1OC1CCNCC1. The topological polar surface area (TPSA) is 82.2 Å². The Hall–Kier alpha value is -1.63. The van der Waals surface area contributed by atoms with Gasteiger partial charge in [0.25, 0.3) is 5.88 Å². The number of imidazole rings is 1. The molecule has 1 aromatic heterocycles. The van der Waals surface area contributed by atoms with Crippen LogP contribution in [0.5, 0.6) is 5.88 Å². The van der Waals surface area contributed by atoms with E-state index < -0.39 is 4.92 Å². The third-order valence-corrected chi connectivity index (χ3v) is 2.60. The number of nitrogens with zero attached hydrogens (tertiary/aromatic N) is 3. The zero-order valence-electron chi connectivity index (χ0n) is 9.05. The molecule has 16 heavy (non-hydrogen) atoms. The lowest BCUT2D eigenvalue weighted by Gasteiger charge is -2.23. The van der Waals surface area contributed by atoms with E-state index in [0.29, 0.717) is 0 Å². The van der Waals surface area contributed by atoms with E-state index in [-0.39, 0.29) is 17.8 Å². The molecule has 88 valence electrons. The van der Waals surface area contributed by atoms with Gasteiger partial charge in [0.1, 0.15) is 6.10 Å². The molecule has 0 bridgehead atoms. The molecule has 1 aliphatic heterocycles. The molecule has 2 heterocycles. The van der Waals surface area contributed by atoms with Crippen molar-refractivity contribution < 1.29 is 9.66 Å². The molecule has 0 radical (unpaired) electrons. The van der Waals surface area contributed by atoms with Crippen molar-refractivity contribution in [3.05, 3.63) is 16.4 Å². The lowest BCUT2D eigenvalue weighted by molar-refractivity contribution is -0.390. The molecule has 1 aromatic rings. The second-order valence-electron chi connectivity index (χ2n) is 3.81. The van der Waals surface area contributed by atoms with Gasteiger partial charge in [0.05, 0.1) is 0 Å². The maximum Gasteiger partial charge on any atom is 0.426 e. The number of nitro groups is 1. The average Bonchev–Trinajstić information content (AvgIpc) is 2.62. The first-order chi connectivity index (χ1) is 7.68. The van der Waals surface area contributed by atoms with E-state index >= 15 is 0 Å². The highest BCUT2D eigenvalue weighted by Crippen LogP contribution is 2.26. The van der Waals surface area contributed by atoms with Crippen LogP contribution >= 0.6 is 0 Å². The second kappa shape index (κ2) is 4.48. The minimum atomic E-state index is -0.517. The summed E-state index contributed by atoms with van der Waals surface area (Å²) < 4.78 is 7.18. The van der Waals surface area contributed by atoms with Crippen molar-refractivity contribution in [3.63, 3.8) is 0 Å². The highest BCUT2D eigenvalue weighted by Gasteiger charge is 2.25. The molecule has 7 heteroatoms. The molecule has 0 aromatic carbocycles. The predicted octanol–water partition coefficient (Wildman–Crippen LogP) is 0.459. The van der Waals surface area contributed by atoms with Crippen LogP contribution in [0.15, 0.2) is 6.33 Å². The maximum atomic E-state index is 10.7. The summed E-state index contributed by atoms with van der Waals surface area (Å²) >= 11 is 0. The van der Waals surface area contributed by atoms with Gasteiger partial charge in [-0.3, -0.25) is 4.57 Å². The van der Waals surface area contributed by atoms with E-state index in [4.69, 9.17) is 4.74 Å². The molecule has 2 rings (SSSR count). The van der Waals surface area contributed by atoms with E-state index in [1.54, 1.807) is 11.6 Å². The number of aryl methyl sites for hydroxylation is 1. The minimum Gasteiger partial charge on any atom is -0.469 e. The summed E-state index contributed by atoms with van der Waals surface area (Å²) in [7, 11) is 1.69. The maximum absolute atomic E-state index is 10.7. The van der Waals surface area contributed by atoms with Gasteiger partial charge >= 0.3 is 5.82 Å². The van der Waals surface area contributed by atoms with Gasteiger partial charge in [0.15, 0.2) is 0 Å². The highest BCUT2D eigenvalue weighted by molar-refractivity contribution is 5.33. The number of hydrogen-bond acceptors (Lipinski definition) is 5. The van der Waals surface area contributed by atoms with Crippen molar-refractivity contribution in [2.24, 2.45) is 7.05 Å². The van der Waals surface area contributed by atoms with Crippen LogP contribution in [-0.4, -0.2) is 33.7 Å². The highest BCUT2D eigenvalue weighted by atomic mass is 16.6. The zero-order valence-corrected chi connectivity index (χ0v) is 9.05. The molecular formula is C9H14N4O3. The average molecular weight is 226 g/mol. The smallest absolute Gasteiger partial charge is 0.426 e. The van der Waals surface area contributed by atoms with Gasteiger partial charge in [-0.2, -0.15) is 0 Å². The first kappa shape index (κ1) is 10.9. The Labute approximate surface area is 92.6 Å². The van der Waals surface area contributed by atoms with Crippen molar-refractivity contribution in [3.8, 4) is 5.88 Å². The van der Waals surface area contributed by atoms with Crippen LogP contribution in [0.3, 0.4) is 0 Å². The Balaban J connectivity index is 2.12. The van der Waals surface area contributed by atoms with Crippen molar-refractivity contribution in [1.29, 1.82) is 0 Å². The Morgan fingerprint density at radius 1 is 1.62 bits per heavy atom. The second-order valence-corrected chi connectivity index (χ2v) is 3.81. The zero-order chi connectivity index (χ0) is 11.5. The summed E-state index contributed by atoms with van der Waals surface area (Å²) in [4.78, 5) is 13.9. The van der Waals surface area contributed by atoms with Crippen molar-refractivity contribution in [2.75, 3.05) is 13.1 Å². The molecule has 0 aliphatic carbocycles. The van der Waals surface area contributed by atoms with Gasteiger partial charge in [-0.25, -0.2) is 0 Å². The minimum absolute atomic E-state index is 0.0374. The first-order valence-electron chi connectivity index (χ1n) is 5.21. The van der Waals surface area contributed by atoms with Crippen LogP contribution in [-0.2, 0) is 7.05 Å². The molecule has 0 atom stereocenters. The third kappa shape index (κ3) is 2.13. The van der Waals surface area contributed by atoms with E-state index in [2.05, 4.69) is 10.3 Å². The Morgan fingerprint density at radius 3 is 2.94 bits per heavy atom. The lowest BCUT2D eigenvalue weighted by Crippen LogP contribution is -2.34. The quantitative estimate of drug-likeness (QED) is 0.598. The summed E-state index contributed by atoms with van der Waals surface area (Å²) in [5.74, 6) is 0.0398. The van der Waals surface area contributed by atoms with Crippen molar-refractivity contribution in [1.82, 2.24) is 14.9 Å². The van der Waals surface area contributed by atoms with E-state index in [0.717, 1.165) is 25.9 Å². The van der Waals surface area contributed by atoms with Gasteiger partial charge in [-0.05, 0) is 35.8 Å². The Bertz CT molecular complexity index is 384. The first-order valence-corrected chi connectivity index (χ1v) is 5.21. The van der Waals surface area contributed by atoms with Gasteiger partial charge < -0.3 is 20.2 Å². The molecule has 1 N–H and O–H groups in total. The summed E-state index contributed by atoms with van der Waals surface area (Å²) in [6, 6.07) is 0. The number of piperidine rings is 1. The van der Waals surface area contributed by atoms with Crippen LogP contribution < -0.4 is 10.1 Å². The summed E-state index contributed by atoms with van der Waals surface area (Å²) in [6.07, 6.45) is 3.16. The largest absolute Gasteiger partial charge is 0.469 e. The van der Waals surface area contributed by atoms with Gasteiger partial charge in [-0.1, -0.05) is 0 Å². The number of hydrogen-bond donors (Lipinski definition) is 1. The van der Waals surface area contributed by atoms with Crippen LogP contribution in [0.2, 0.25) is 0 Å². The van der Waals surface area contributed by atoms with Crippen molar-refractivity contribution in [2.45, 2.75) is 18.9 Å². The molecule has 0 unspecified atom stereocenters. The van der Waals surface area contributed by atoms with Gasteiger partial charge in [0, 0.05) is 7.05 Å². The lowest BCUT2D eigenvalue weighted by atomic mass is 10.1. The van der Waals surface area contributed by atoms with E-state index in [1.807, 2.05) is 0 Å². The monoisotopic (exact) mass is 226 g/mol. The van der Waals surface area contributed by atoms with Crippen LogP contribution in [0.25, 0.3) is 0 Å². The predicted molar refractivity (Wildman–Crippen MR) is 56.4 cm³/mol. The summed E-state index contributed by atoms with van der Waals surface area (Å²) in [5, 5.41) is 13.9. The van der Waals surface area contributed by atoms with E-state index in [9.17, 15) is 10.1 Å². The van der Waals surface area contributed by atoms with E-state index in [1.165, 1.54) is 6.33 Å². The van der Waals surface area contributed by atoms with Crippen LogP contribution in [0.1, 0.15) is 12.8 Å². The van der Waals surface area contributed by atoms with Crippen LogP contribution in [0.4, 0.5) is 5.82 Å². The molecule has 1 saturated heterocycles. The summed E-state index contributed by atoms with van der Waals surface area (Å²) in [6.45, 7) is 1.77. The van der Waals surface area contributed by atoms with Gasteiger partial charge in [0.2, 0.25) is 6.33 Å². The fraction of sp³-hybridized carbons (Fsp3) is 0.667. The number of nitrogens with one attached hydrogen (secondary N) is 1. The molecule has 7 nitrogen and oxygen atoms in total. The Morgan fingerprint density at radius 2 is 2.31 bits per heavy atom. The number of ether oxygens (including phenoxy) is 1. The standard InChI is InChI=1S/C9H14N4O3/c1-12-6-11-8(13(14)15)9(12)16-7-2-4-10-5-3-7/h6-7,10H,2-5H2,1H3. The van der Waals surface area contributed by atoms with Crippen LogP contribution in [0, 0.1) is 10.1 Å². The fourth-order valence-corrected chi connectivity index (χ4v) is 1.74. The molecular weight excluding hydrogens is 212 g/mol. The molecule has 0 spiro atoms. The van der Waals surface area contributed by atoms with Crippen molar-refractivity contribution >= 4 is 5.82 Å². The number of aromatic nitrogens is 2. The number of rotatable bonds is 3. The summed E-state index contributed by atoms with van der Waals surface area (Å²) in [5.41, 5.74) is 0. The van der Waals surface area contributed by atoms with Gasteiger partial charge in [-0.15, -0.1) is 0 Å². The fourth-order valence-electron chi connectivity index (χ4n) is 1.74. The molecule has 0 amide bonds. The Kier molecular flexibility index (Phi) is 3.04.